The highest BCUT2D eigenvalue weighted by Gasteiger charge is 2.26. The van der Waals surface area contributed by atoms with Crippen molar-refractivity contribution in [2.45, 2.75) is 13.0 Å². The highest BCUT2D eigenvalue weighted by molar-refractivity contribution is 7.17. The number of esters is 1. The number of benzene rings is 1. The van der Waals surface area contributed by atoms with Gasteiger partial charge in [0.1, 0.15) is 6.04 Å². The Kier molecular flexibility index (Phi) is 3.99. The predicted molar refractivity (Wildman–Crippen MR) is 74.9 cm³/mol. The number of likely N-dealkylation sites (N-methyl/N-ethyl adjacent to an activating group) is 1. The van der Waals surface area contributed by atoms with Crippen molar-refractivity contribution in [3.8, 4) is 0 Å². The summed E-state index contributed by atoms with van der Waals surface area (Å²) in [4.78, 5) is 14.0. The van der Waals surface area contributed by atoms with Crippen LogP contribution in [0.5, 0.6) is 0 Å². The monoisotopic (exact) mass is 263 g/mol. The van der Waals surface area contributed by atoms with Gasteiger partial charge in [-0.15, -0.1) is 11.3 Å². The number of carbonyl (C=O) groups excluding carboxylic acids is 1. The maximum absolute atomic E-state index is 12.1. The van der Waals surface area contributed by atoms with Crippen LogP contribution in [0.1, 0.15) is 18.5 Å². The predicted octanol–water partition coefficient (Wildman–Crippen LogP) is 3.07. The minimum Gasteiger partial charge on any atom is -0.465 e. The third-order valence-electron chi connectivity index (χ3n) is 2.83. The van der Waals surface area contributed by atoms with Gasteiger partial charge in [0, 0.05) is 4.70 Å². The average molecular weight is 263 g/mol. The number of carbonyl (C=O) groups is 1. The van der Waals surface area contributed by atoms with E-state index in [0.29, 0.717) is 6.61 Å². The van der Waals surface area contributed by atoms with Crippen molar-refractivity contribution in [2.24, 2.45) is 0 Å². The Labute approximate surface area is 111 Å². The van der Waals surface area contributed by atoms with Crippen molar-refractivity contribution in [3.05, 3.63) is 35.2 Å². The van der Waals surface area contributed by atoms with Gasteiger partial charge < -0.3 is 4.74 Å². The molecule has 0 saturated carbocycles. The van der Waals surface area contributed by atoms with Gasteiger partial charge in [-0.25, -0.2) is 4.79 Å². The molecule has 0 aliphatic carbocycles. The lowest BCUT2D eigenvalue weighted by atomic mass is 10.1. The van der Waals surface area contributed by atoms with Gasteiger partial charge in [0.2, 0.25) is 0 Å². The molecule has 0 bridgehead atoms. The van der Waals surface area contributed by atoms with Gasteiger partial charge in [0.15, 0.2) is 0 Å². The molecule has 0 saturated heterocycles. The van der Waals surface area contributed by atoms with Gasteiger partial charge in [0.25, 0.3) is 0 Å². The standard InChI is InChI=1S/C14H17NO2S/c1-4-17-14(16)13(15(2)3)11-9-18-12-8-6-5-7-10(11)12/h5-9,13H,4H2,1-3H3. The molecule has 0 N–H and O–H groups in total. The number of fused-ring (bicyclic) bond motifs is 1. The molecule has 18 heavy (non-hydrogen) atoms. The molecule has 2 rings (SSSR count). The summed E-state index contributed by atoms with van der Waals surface area (Å²) in [5.41, 5.74) is 1.03. The van der Waals surface area contributed by atoms with Crippen LogP contribution in [0, 0.1) is 0 Å². The largest absolute Gasteiger partial charge is 0.465 e. The average Bonchev–Trinajstić information content (AvgIpc) is 2.74. The summed E-state index contributed by atoms with van der Waals surface area (Å²) in [5, 5.41) is 3.18. The van der Waals surface area contributed by atoms with E-state index in [1.54, 1.807) is 11.3 Å². The molecule has 0 radical (unpaired) electrons. The number of hydrogen-bond donors (Lipinski definition) is 0. The second-order valence-corrected chi connectivity index (χ2v) is 5.22. The summed E-state index contributed by atoms with van der Waals surface area (Å²) in [7, 11) is 3.79. The normalized spacial score (nSPS) is 12.9. The first kappa shape index (κ1) is 13.1. The molecule has 1 aromatic carbocycles. The number of hydrogen-bond acceptors (Lipinski definition) is 4. The molecule has 0 amide bonds. The molecule has 0 aliphatic rings. The molecule has 1 aromatic heterocycles. The van der Waals surface area contributed by atoms with Crippen LogP contribution in [0.2, 0.25) is 0 Å². The van der Waals surface area contributed by atoms with Crippen molar-refractivity contribution in [1.29, 1.82) is 0 Å². The number of nitrogens with zero attached hydrogens (tertiary/aromatic N) is 1. The van der Waals surface area contributed by atoms with E-state index in [-0.39, 0.29) is 12.0 Å². The zero-order valence-corrected chi connectivity index (χ0v) is 11.7. The molecule has 1 heterocycles. The Bertz CT molecular complexity index is 547. The summed E-state index contributed by atoms with van der Waals surface area (Å²) in [6, 6.07) is 7.80. The van der Waals surface area contributed by atoms with Crippen molar-refractivity contribution < 1.29 is 9.53 Å². The van der Waals surface area contributed by atoms with E-state index in [1.807, 2.05) is 43.4 Å². The highest BCUT2D eigenvalue weighted by atomic mass is 32.1. The molecule has 3 nitrogen and oxygen atoms in total. The number of ether oxygens (including phenoxy) is 1. The maximum Gasteiger partial charge on any atom is 0.328 e. The lowest BCUT2D eigenvalue weighted by molar-refractivity contribution is -0.148. The Morgan fingerprint density at radius 1 is 1.39 bits per heavy atom. The smallest absolute Gasteiger partial charge is 0.328 e. The van der Waals surface area contributed by atoms with Crippen molar-refractivity contribution >= 4 is 27.4 Å². The van der Waals surface area contributed by atoms with Crippen LogP contribution in [0.15, 0.2) is 29.6 Å². The topological polar surface area (TPSA) is 29.5 Å². The second kappa shape index (κ2) is 5.50. The molecule has 1 unspecified atom stereocenters. The maximum atomic E-state index is 12.1. The minimum atomic E-state index is -0.332. The number of thiophene rings is 1. The van der Waals surface area contributed by atoms with Gasteiger partial charge >= 0.3 is 5.97 Å². The van der Waals surface area contributed by atoms with Crippen LogP contribution in [0.25, 0.3) is 10.1 Å². The summed E-state index contributed by atoms with van der Waals surface area (Å²) in [6.07, 6.45) is 0. The van der Waals surface area contributed by atoms with Gasteiger partial charge in [-0.1, -0.05) is 18.2 Å². The van der Waals surface area contributed by atoms with Gasteiger partial charge in [-0.3, -0.25) is 4.90 Å². The second-order valence-electron chi connectivity index (χ2n) is 4.31. The molecule has 0 aliphatic heterocycles. The van der Waals surface area contributed by atoms with E-state index in [9.17, 15) is 4.79 Å². The zero-order valence-electron chi connectivity index (χ0n) is 10.8. The molecular formula is C14H17NO2S. The van der Waals surface area contributed by atoms with Crippen LogP contribution in [-0.2, 0) is 9.53 Å². The van der Waals surface area contributed by atoms with Crippen molar-refractivity contribution in [1.82, 2.24) is 4.90 Å². The molecule has 1 atom stereocenters. The summed E-state index contributed by atoms with van der Waals surface area (Å²) < 4.78 is 6.36. The Morgan fingerprint density at radius 3 is 2.78 bits per heavy atom. The summed E-state index contributed by atoms with van der Waals surface area (Å²) in [5.74, 6) is -0.189. The van der Waals surface area contributed by atoms with Crippen LogP contribution in [0.4, 0.5) is 0 Å². The van der Waals surface area contributed by atoms with Gasteiger partial charge in [-0.05, 0) is 43.4 Å². The summed E-state index contributed by atoms with van der Waals surface area (Å²) in [6.45, 7) is 2.24. The lowest BCUT2D eigenvalue weighted by Gasteiger charge is -2.22. The fourth-order valence-corrected chi connectivity index (χ4v) is 3.03. The molecule has 0 fully saturated rings. The van der Waals surface area contributed by atoms with E-state index in [2.05, 4.69) is 12.1 Å². The van der Waals surface area contributed by atoms with E-state index >= 15 is 0 Å². The first-order valence-corrected chi connectivity index (χ1v) is 6.82. The third kappa shape index (κ3) is 2.40. The van der Waals surface area contributed by atoms with E-state index in [1.165, 1.54) is 4.70 Å². The van der Waals surface area contributed by atoms with Crippen LogP contribution >= 0.6 is 11.3 Å². The SMILES string of the molecule is CCOC(=O)C(c1csc2ccccc12)N(C)C. The number of rotatable bonds is 4. The van der Waals surface area contributed by atoms with E-state index in [0.717, 1.165) is 10.9 Å². The Hall–Kier alpha value is -1.39. The third-order valence-corrected chi connectivity index (χ3v) is 3.81. The minimum absolute atomic E-state index is 0.189. The molecule has 2 aromatic rings. The Morgan fingerprint density at radius 2 is 2.11 bits per heavy atom. The lowest BCUT2D eigenvalue weighted by Crippen LogP contribution is -2.29. The molecule has 0 spiro atoms. The van der Waals surface area contributed by atoms with Crippen molar-refractivity contribution in [3.63, 3.8) is 0 Å². The van der Waals surface area contributed by atoms with Crippen LogP contribution < -0.4 is 0 Å². The van der Waals surface area contributed by atoms with E-state index in [4.69, 9.17) is 4.74 Å². The zero-order chi connectivity index (χ0) is 13.1. The molecular weight excluding hydrogens is 246 g/mol. The van der Waals surface area contributed by atoms with Gasteiger partial charge in [0.05, 0.1) is 6.61 Å². The van der Waals surface area contributed by atoms with E-state index < -0.39 is 0 Å². The van der Waals surface area contributed by atoms with Crippen LogP contribution in [0.3, 0.4) is 0 Å². The van der Waals surface area contributed by atoms with Gasteiger partial charge in [-0.2, -0.15) is 0 Å². The summed E-state index contributed by atoms with van der Waals surface area (Å²) >= 11 is 1.66. The molecule has 4 heteroatoms. The first-order chi connectivity index (χ1) is 8.65. The Balaban J connectivity index is 2.45. The molecule has 96 valence electrons. The quantitative estimate of drug-likeness (QED) is 0.794. The van der Waals surface area contributed by atoms with Crippen LogP contribution in [-0.4, -0.2) is 31.6 Å². The van der Waals surface area contributed by atoms with Crippen molar-refractivity contribution in [2.75, 3.05) is 20.7 Å². The fourth-order valence-electron chi connectivity index (χ4n) is 2.05. The highest BCUT2D eigenvalue weighted by Crippen LogP contribution is 2.32. The first-order valence-electron chi connectivity index (χ1n) is 5.94. The fraction of sp³-hybridized carbons (Fsp3) is 0.357.